The lowest BCUT2D eigenvalue weighted by molar-refractivity contribution is 0.00542. The normalized spacial score (nSPS) is 28.2. The summed E-state index contributed by atoms with van der Waals surface area (Å²) in [6.07, 6.45) is 12.3. The molecular weight excluding hydrogens is 454 g/mol. The lowest BCUT2D eigenvalue weighted by atomic mass is 9.64. The molecule has 8 heteroatoms. The van der Waals surface area contributed by atoms with Crippen molar-refractivity contribution in [3.05, 3.63) is 0 Å². The van der Waals surface area contributed by atoms with Crippen LogP contribution in [-0.2, 0) is 0 Å². The van der Waals surface area contributed by atoms with Gasteiger partial charge in [0.2, 0.25) is 0 Å². The number of halogens is 1. The summed E-state index contributed by atoms with van der Waals surface area (Å²) in [4.78, 5) is 15.2. The number of hydrogen-bond acceptors (Lipinski definition) is 2. The van der Waals surface area contributed by atoms with E-state index in [-0.39, 0.29) is 35.9 Å². The van der Waals surface area contributed by atoms with Gasteiger partial charge in [-0.15, -0.1) is 11.6 Å². The number of likely N-dealkylation sites (tertiary alicyclic amines) is 1. The van der Waals surface area contributed by atoms with Crippen molar-refractivity contribution in [2.45, 2.75) is 117 Å². The Morgan fingerprint density at radius 1 is 0.971 bits per heavy atom. The fourth-order valence-corrected chi connectivity index (χ4v) is 6.59. The first kappa shape index (κ1) is 35.6. The van der Waals surface area contributed by atoms with Gasteiger partial charge in [-0.2, -0.15) is 0 Å². The maximum Gasteiger partial charge on any atom is 0.315 e. The highest BCUT2D eigenvalue weighted by Crippen LogP contribution is 2.45. The third-order valence-electron chi connectivity index (χ3n) is 8.18. The summed E-state index contributed by atoms with van der Waals surface area (Å²) in [7, 11) is 0. The zero-order valence-corrected chi connectivity index (χ0v) is 22.1. The standard InChI is InChI=1S/C25H46ClN3O.CH4.3H2O/c1-18(2)23(28-24(30)27-21-8-6-5-7-9-21)16-29-15-14-22(25(3,4)17-29)19-10-12-20(26)13-11-19;;;;/h18-23H,5-17H2,1-4H3,(H2,27,28,30);1H4;3*1H2/t19?,20?,22?,23-;;;;/m0..../s1. The third-order valence-corrected chi connectivity index (χ3v) is 8.61. The molecule has 3 aliphatic rings. The van der Waals surface area contributed by atoms with E-state index in [0.29, 0.717) is 22.8 Å². The van der Waals surface area contributed by atoms with Crippen LogP contribution in [0.15, 0.2) is 0 Å². The van der Waals surface area contributed by atoms with E-state index in [2.05, 4.69) is 43.2 Å². The van der Waals surface area contributed by atoms with Gasteiger partial charge in [0, 0.05) is 30.6 Å². The highest BCUT2D eigenvalue weighted by Gasteiger charge is 2.41. The van der Waals surface area contributed by atoms with E-state index < -0.39 is 0 Å². The van der Waals surface area contributed by atoms with Gasteiger partial charge in [0.05, 0.1) is 0 Å². The van der Waals surface area contributed by atoms with E-state index in [1.807, 2.05) is 0 Å². The number of alkyl halides is 1. The Bertz CT molecular complexity index is 550. The number of rotatable bonds is 6. The minimum absolute atomic E-state index is 0. The number of nitrogens with one attached hydrogen (secondary N) is 2. The van der Waals surface area contributed by atoms with Gasteiger partial charge in [0.25, 0.3) is 0 Å². The molecule has 8 N–H and O–H groups in total. The molecule has 34 heavy (non-hydrogen) atoms. The van der Waals surface area contributed by atoms with E-state index in [4.69, 9.17) is 11.6 Å². The molecule has 1 unspecified atom stereocenters. The van der Waals surface area contributed by atoms with Gasteiger partial charge in [-0.1, -0.05) is 54.4 Å². The van der Waals surface area contributed by atoms with Crippen molar-refractivity contribution in [1.29, 1.82) is 0 Å². The second-order valence-electron chi connectivity index (χ2n) is 11.4. The SMILES string of the molecule is C.CC(C)[C@H](CN1CCC(C2CCC(Cl)CC2)C(C)(C)C1)NC(=O)NC1CCCCC1.O.O.O. The second kappa shape index (κ2) is 16.2. The number of nitrogens with zero attached hydrogens (tertiary/aromatic N) is 1. The van der Waals surface area contributed by atoms with Crippen LogP contribution in [0.3, 0.4) is 0 Å². The highest BCUT2D eigenvalue weighted by atomic mass is 35.5. The molecule has 1 saturated heterocycles. The maximum absolute atomic E-state index is 12.6. The van der Waals surface area contributed by atoms with Gasteiger partial charge in [0.15, 0.2) is 0 Å². The van der Waals surface area contributed by atoms with Crippen LogP contribution in [0.4, 0.5) is 4.79 Å². The van der Waals surface area contributed by atoms with Gasteiger partial charge in [0.1, 0.15) is 0 Å². The molecule has 2 amide bonds. The van der Waals surface area contributed by atoms with Crippen LogP contribution in [0, 0.1) is 23.2 Å². The summed E-state index contributed by atoms with van der Waals surface area (Å²) < 4.78 is 0. The monoisotopic (exact) mass is 509 g/mol. The largest absolute Gasteiger partial charge is 0.412 e. The summed E-state index contributed by atoms with van der Waals surface area (Å²) in [5.74, 6) is 2.08. The number of carbonyl (C=O) groups excluding carboxylic acids is 1. The first-order chi connectivity index (χ1) is 14.2. The zero-order valence-electron chi connectivity index (χ0n) is 21.4. The number of carbonyl (C=O) groups is 1. The molecule has 2 aliphatic carbocycles. The first-order valence-corrected chi connectivity index (χ1v) is 13.1. The first-order valence-electron chi connectivity index (χ1n) is 12.7. The van der Waals surface area contributed by atoms with Crippen LogP contribution in [0.5, 0.6) is 0 Å². The van der Waals surface area contributed by atoms with Crippen LogP contribution in [-0.4, -0.2) is 64.5 Å². The van der Waals surface area contributed by atoms with Crippen LogP contribution < -0.4 is 10.6 Å². The van der Waals surface area contributed by atoms with Crippen molar-refractivity contribution in [2.24, 2.45) is 23.2 Å². The predicted octanol–water partition coefficient (Wildman–Crippen LogP) is 3.95. The molecule has 0 aromatic carbocycles. The van der Waals surface area contributed by atoms with Gasteiger partial charge in [-0.3, -0.25) is 0 Å². The summed E-state index contributed by atoms with van der Waals surface area (Å²) in [5.41, 5.74) is 0.327. The molecule has 2 saturated carbocycles. The molecule has 2 atom stereocenters. The van der Waals surface area contributed by atoms with Crippen LogP contribution in [0.1, 0.15) is 99.3 Å². The molecule has 3 fully saturated rings. The summed E-state index contributed by atoms with van der Waals surface area (Å²) >= 11 is 6.36. The Morgan fingerprint density at radius 3 is 2.09 bits per heavy atom. The quantitative estimate of drug-likeness (QED) is 0.523. The third kappa shape index (κ3) is 10.2. The molecule has 0 aromatic rings. The van der Waals surface area contributed by atoms with E-state index in [1.165, 1.54) is 51.4 Å². The summed E-state index contributed by atoms with van der Waals surface area (Å²) in [6, 6.07) is 0.601. The van der Waals surface area contributed by atoms with Crippen LogP contribution in [0.2, 0.25) is 0 Å². The van der Waals surface area contributed by atoms with Crippen molar-refractivity contribution >= 4 is 17.6 Å². The number of hydrogen-bond donors (Lipinski definition) is 2. The second-order valence-corrected chi connectivity index (χ2v) is 12.1. The van der Waals surface area contributed by atoms with Gasteiger partial charge < -0.3 is 32.0 Å². The van der Waals surface area contributed by atoms with E-state index in [0.717, 1.165) is 44.3 Å². The molecule has 1 heterocycles. The zero-order chi connectivity index (χ0) is 21.7. The number of urea groups is 1. The van der Waals surface area contributed by atoms with Crippen LogP contribution in [0.25, 0.3) is 0 Å². The van der Waals surface area contributed by atoms with E-state index >= 15 is 0 Å². The fraction of sp³-hybridized carbons (Fsp3) is 0.962. The topological polar surface area (TPSA) is 139 Å². The van der Waals surface area contributed by atoms with E-state index in [1.54, 1.807) is 0 Å². The molecule has 3 rings (SSSR count). The Balaban J connectivity index is 0. The van der Waals surface area contributed by atoms with Crippen molar-refractivity contribution < 1.29 is 21.2 Å². The predicted molar refractivity (Wildman–Crippen MR) is 145 cm³/mol. The van der Waals surface area contributed by atoms with Gasteiger partial charge in [-0.25, -0.2) is 4.79 Å². The minimum atomic E-state index is 0. The molecule has 206 valence electrons. The minimum Gasteiger partial charge on any atom is -0.412 e. The Kier molecular flexibility index (Phi) is 16.9. The molecule has 7 nitrogen and oxygen atoms in total. The Labute approximate surface area is 214 Å². The lowest BCUT2D eigenvalue weighted by Gasteiger charge is -2.49. The molecular formula is C26H56ClN3O4. The highest BCUT2D eigenvalue weighted by molar-refractivity contribution is 6.20. The van der Waals surface area contributed by atoms with Crippen LogP contribution >= 0.6 is 11.6 Å². The summed E-state index contributed by atoms with van der Waals surface area (Å²) in [5, 5.41) is 6.95. The molecule has 0 radical (unpaired) electrons. The summed E-state index contributed by atoms with van der Waals surface area (Å²) in [6.45, 7) is 12.6. The Morgan fingerprint density at radius 2 is 1.56 bits per heavy atom. The van der Waals surface area contributed by atoms with Crippen molar-refractivity contribution in [2.75, 3.05) is 19.6 Å². The van der Waals surface area contributed by atoms with Gasteiger partial charge >= 0.3 is 6.03 Å². The van der Waals surface area contributed by atoms with Crippen molar-refractivity contribution in [3.8, 4) is 0 Å². The number of piperidine rings is 1. The Hall–Kier alpha value is -0.600. The number of amides is 2. The fourth-order valence-electron chi connectivity index (χ4n) is 6.34. The smallest absolute Gasteiger partial charge is 0.315 e. The molecule has 1 aliphatic heterocycles. The maximum atomic E-state index is 12.6. The van der Waals surface area contributed by atoms with E-state index in [9.17, 15) is 4.79 Å². The lowest BCUT2D eigenvalue weighted by Crippen LogP contribution is -2.55. The average Bonchev–Trinajstić information content (AvgIpc) is 2.68. The molecule has 0 bridgehead atoms. The van der Waals surface area contributed by atoms with Crippen molar-refractivity contribution in [1.82, 2.24) is 15.5 Å². The van der Waals surface area contributed by atoms with Gasteiger partial charge in [-0.05, 0) is 74.7 Å². The molecule has 0 spiro atoms. The average molecular weight is 510 g/mol. The van der Waals surface area contributed by atoms with Crippen molar-refractivity contribution in [3.63, 3.8) is 0 Å². The molecule has 0 aromatic heterocycles.